The third-order valence-corrected chi connectivity index (χ3v) is 1.87. The molecule has 1 aromatic rings. The lowest BCUT2D eigenvalue weighted by Crippen LogP contribution is -2.36. The molecule has 5 heteroatoms. The zero-order valence-corrected chi connectivity index (χ0v) is 9.78. The number of amides is 1. The normalized spacial score (nSPS) is 13.2. The predicted molar refractivity (Wildman–Crippen MR) is 60.0 cm³/mol. The zero-order valence-electron chi connectivity index (χ0n) is 9.78. The van der Waals surface area contributed by atoms with E-state index in [2.05, 4.69) is 10.3 Å². The number of aromatic amines is 1. The summed E-state index contributed by atoms with van der Waals surface area (Å²) in [6.45, 7) is 5.18. The van der Waals surface area contributed by atoms with Gasteiger partial charge in [-0.05, 0) is 32.9 Å². The Labute approximate surface area is 94.8 Å². The fourth-order valence-corrected chi connectivity index (χ4v) is 1.23. The number of rotatable bonds is 3. The van der Waals surface area contributed by atoms with E-state index in [-0.39, 0.29) is 6.61 Å². The fraction of sp³-hybridized carbons (Fsp3) is 0.545. The monoisotopic (exact) mass is 226 g/mol. The molecule has 5 nitrogen and oxygen atoms in total. The highest BCUT2D eigenvalue weighted by atomic mass is 16.6. The van der Waals surface area contributed by atoms with E-state index in [1.165, 1.54) is 0 Å². The summed E-state index contributed by atoms with van der Waals surface area (Å²) in [7, 11) is 0. The molecule has 0 fully saturated rings. The van der Waals surface area contributed by atoms with Crippen LogP contribution in [-0.4, -0.2) is 28.4 Å². The van der Waals surface area contributed by atoms with Gasteiger partial charge in [0.1, 0.15) is 5.60 Å². The Kier molecular flexibility index (Phi) is 3.95. The Morgan fingerprint density at radius 3 is 2.75 bits per heavy atom. The quantitative estimate of drug-likeness (QED) is 0.732. The molecule has 1 unspecified atom stereocenters. The van der Waals surface area contributed by atoms with Crippen molar-refractivity contribution in [3.63, 3.8) is 0 Å². The molecular formula is C11H18N2O3. The van der Waals surface area contributed by atoms with Crippen molar-refractivity contribution in [2.24, 2.45) is 0 Å². The molecule has 1 atom stereocenters. The van der Waals surface area contributed by atoms with Crippen LogP contribution in [0.5, 0.6) is 0 Å². The summed E-state index contributed by atoms with van der Waals surface area (Å²) in [6.07, 6.45) is 1.19. The first-order valence-corrected chi connectivity index (χ1v) is 5.16. The molecule has 0 spiro atoms. The summed E-state index contributed by atoms with van der Waals surface area (Å²) in [4.78, 5) is 14.4. The third-order valence-electron chi connectivity index (χ3n) is 1.87. The number of nitrogens with one attached hydrogen (secondary N) is 2. The number of alkyl carbamates (subject to hydrolysis) is 1. The van der Waals surface area contributed by atoms with Crippen LogP contribution in [0.15, 0.2) is 18.3 Å². The van der Waals surface area contributed by atoms with Crippen molar-refractivity contribution in [2.45, 2.75) is 32.4 Å². The van der Waals surface area contributed by atoms with Gasteiger partial charge in [-0.15, -0.1) is 0 Å². The van der Waals surface area contributed by atoms with E-state index in [0.717, 1.165) is 5.69 Å². The highest BCUT2D eigenvalue weighted by Crippen LogP contribution is 2.12. The second kappa shape index (κ2) is 5.03. The SMILES string of the molecule is CC(C)(C)OC(=O)NC(CO)c1ccc[nH]1. The number of hydrogen-bond donors (Lipinski definition) is 3. The van der Waals surface area contributed by atoms with E-state index in [1.807, 2.05) is 0 Å². The van der Waals surface area contributed by atoms with Crippen molar-refractivity contribution in [1.82, 2.24) is 10.3 Å². The lowest BCUT2D eigenvalue weighted by Gasteiger charge is -2.22. The van der Waals surface area contributed by atoms with Crippen LogP contribution in [0.25, 0.3) is 0 Å². The second-order valence-electron chi connectivity index (χ2n) is 4.51. The van der Waals surface area contributed by atoms with Gasteiger partial charge in [0.05, 0.1) is 12.6 Å². The first-order valence-electron chi connectivity index (χ1n) is 5.16. The fourth-order valence-electron chi connectivity index (χ4n) is 1.23. The smallest absolute Gasteiger partial charge is 0.408 e. The Bertz CT molecular complexity index is 327. The molecule has 1 heterocycles. The molecular weight excluding hydrogens is 208 g/mol. The van der Waals surface area contributed by atoms with Gasteiger partial charge in [-0.3, -0.25) is 0 Å². The predicted octanol–water partition coefficient (Wildman–Crippen LogP) is 1.57. The molecule has 0 saturated heterocycles. The number of hydrogen-bond acceptors (Lipinski definition) is 3. The molecule has 0 aliphatic carbocycles. The Morgan fingerprint density at radius 2 is 2.31 bits per heavy atom. The zero-order chi connectivity index (χ0) is 12.2. The van der Waals surface area contributed by atoms with Crippen LogP contribution < -0.4 is 5.32 Å². The van der Waals surface area contributed by atoms with E-state index < -0.39 is 17.7 Å². The lowest BCUT2D eigenvalue weighted by atomic mass is 10.2. The number of carbonyl (C=O) groups excluding carboxylic acids is 1. The molecule has 0 saturated carbocycles. The van der Waals surface area contributed by atoms with Crippen molar-refractivity contribution in [3.8, 4) is 0 Å². The molecule has 0 bridgehead atoms. The number of carbonyl (C=O) groups is 1. The molecule has 0 aliphatic rings. The van der Waals surface area contributed by atoms with Crippen LogP contribution in [0.3, 0.4) is 0 Å². The summed E-state index contributed by atoms with van der Waals surface area (Å²) in [6, 6.07) is 3.12. The molecule has 90 valence electrons. The van der Waals surface area contributed by atoms with Crippen LogP contribution in [-0.2, 0) is 4.74 Å². The average Bonchev–Trinajstić information content (AvgIpc) is 2.63. The van der Waals surface area contributed by atoms with E-state index in [0.29, 0.717) is 0 Å². The molecule has 1 aromatic heterocycles. The van der Waals surface area contributed by atoms with Crippen molar-refractivity contribution in [3.05, 3.63) is 24.0 Å². The van der Waals surface area contributed by atoms with Crippen LogP contribution >= 0.6 is 0 Å². The summed E-state index contributed by atoms with van der Waals surface area (Å²) in [5.74, 6) is 0. The highest BCUT2D eigenvalue weighted by Gasteiger charge is 2.20. The summed E-state index contributed by atoms with van der Waals surface area (Å²) in [5, 5.41) is 11.7. The summed E-state index contributed by atoms with van der Waals surface area (Å²) >= 11 is 0. The van der Waals surface area contributed by atoms with Gasteiger partial charge >= 0.3 is 6.09 Å². The van der Waals surface area contributed by atoms with Crippen molar-refractivity contribution in [2.75, 3.05) is 6.61 Å². The van der Waals surface area contributed by atoms with Crippen molar-refractivity contribution in [1.29, 1.82) is 0 Å². The van der Waals surface area contributed by atoms with E-state index in [4.69, 9.17) is 9.84 Å². The maximum absolute atomic E-state index is 11.5. The van der Waals surface area contributed by atoms with Crippen LogP contribution in [0.2, 0.25) is 0 Å². The summed E-state index contributed by atoms with van der Waals surface area (Å²) in [5.41, 5.74) is 0.202. The van der Waals surface area contributed by atoms with Gasteiger partial charge in [0.25, 0.3) is 0 Å². The highest BCUT2D eigenvalue weighted by molar-refractivity contribution is 5.68. The minimum Gasteiger partial charge on any atom is -0.444 e. The van der Waals surface area contributed by atoms with E-state index in [9.17, 15) is 4.79 Å². The van der Waals surface area contributed by atoms with Gasteiger partial charge < -0.3 is 20.1 Å². The molecule has 0 aliphatic heterocycles. The second-order valence-corrected chi connectivity index (χ2v) is 4.51. The largest absolute Gasteiger partial charge is 0.444 e. The summed E-state index contributed by atoms with van der Waals surface area (Å²) < 4.78 is 5.09. The Hall–Kier alpha value is -1.49. The molecule has 1 amide bonds. The number of aliphatic hydroxyl groups excluding tert-OH is 1. The topological polar surface area (TPSA) is 74.3 Å². The van der Waals surface area contributed by atoms with Crippen LogP contribution in [0.1, 0.15) is 32.5 Å². The average molecular weight is 226 g/mol. The van der Waals surface area contributed by atoms with Gasteiger partial charge in [-0.2, -0.15) is 0 Å². The van der Waals surface area contributed by atoms with Gasteiger partial charge in [-0.25, -0.2) is 4.79 Å². The standard InChI is InChI=1S/C11H18N2O3/c1-11(2,3)16-10(15)13-9(7-14)8-5-4-6-12-8/h4-6,9,12,14H,7H2,1-3H3,(H,13,15). The number of ether oxygens (including phenoxy) is 1. The lowest BCUT2D eigenvalue weighted by molar-refractivity contribution is 0.0480. The van der Waals surface area contributed by atoms with E-state index in [1.54, 1.807) is 39.1 Å². The van der Waals surface area contributed by atoms with Gasteiger partial charge in [0, 0.05) is 11.9 Å². The third kappa shape index (κ3) is 3.94. The Morgan fingerprint density at radius 1 is 1.62 bits per heavy atom. The number of aromatic nitrogens is 1. The van der Waals surface area contributed by atoms with Gasteiger partial charge in [0.15, 0.2) is 0 Å². The van der Waals surface area contributed by atoms with Gasteiger partial charge in [-0.1, -0.05) is 0 Å². The Balaban J connectivity index is 2.55. The van der Waals surface area contributed by atoms with Crippen LogP contribution in [0.4, 0.5) is 4.79 Å². The number of H-pyrrole nitrogens is 1. The van der Waals surface area contributed by atoms with Crippen molar-refractivity contribution >= 4 is 6.09 Å². The minimum absolute atomic E-state index is 0.181. The first-order chi connectivity index (χ1) is 7.42. The van der Waals surface area contributed by atoms with E-state index >= 15 is 0 Å². The maximum Gasteiger partial charge on any atom is 0.408 e. The van der Waals surface area contributed by atoms with Crippen molar-refractivity contribution < 1.29 is 14.6 Å². The molecule has 1 rings (SSSR count). The minimum atomic E-state index is -0.542. The first kappa shape index (κ1) is 12.6. The molecule has 0 radical (unpaired) electrons. The molecule has 3 N–H and O–H groups in total. The molecule has 0 aromatic carbocycles. The number of aliphatic hydroxyl groups is 1. The molecule has 16 heavy (non-hydrogen) atoms. The van der Waals surface area contributed by atoms with Gasteiger partial charge in [0.2, 0.25) is 0 Å². The maximum atomic E-state index is 11.5. The van der Waals surface area contributed by atoms with Crippen LogP contribution in [0, 0.1) is 0 Å².